The molecule has 2 aromatic rings. The van der Waals surface area contributed by atoms with Gasteiger partial charge in [0, 0.05) is 11.1 Å². The van der Waals surface area contributed by atoms with Gasteiger partial charge in [-0.1, -0.05) is 17.7 Å². The Bertz CT molecular complexity index is 431. The number of thiazole rings is 1. The molecule has 0 aliphatic heterocycles. The molecule has 0 atom stereocenters. The van der Waals surface area contributed by atoms with Gasteiger partial charge in [0.15, 0.2) is 0 Å². The molecule has 0 amide bonds. The number of hydrogen-bond acceptors (Lipinski definition) is 3. The second-order valence-corrected chi connectivity index (χ2v) is 4.64. The Labute approximate surface area is 94.0 Å². The lowest BCUT2D eigenvalue weighted by Crippen LogP contribution is -1.99. The molecule has 0 spiro atoms. The lowest BCUT2D eigenvalue weighted by molar-refractivity contribution is 1.05. The number of aryl methyl sites for hydroxylation is 2. The van der Waals surface area contributed by atoms with E-state index in [1.54, 1.807) is 11.3 Å². The van der Waals surface area contributed by atoms with Gasteiger partial charge in [0.25, 0.3) is 0 Å². The van der Waals surface area contributed by atoms with Gasteiger partial charge in [-0.25, -0.2) is 4.98 Å². The van der Waals surface area contributed by atoms with Gasteiger partial charge in [-0.3, -0.25) is 0 Å². The molecule has 1 aromatic carbocycles. The Morgan fingerprint density at radius 2 is 1.93 bits per heavy atom. The molecule has 0 unspecified atom stereocenters. The van der Waals surface area contributed by atoms with Crippen molar-refractivity contribution in [2.75, 3.05) is 5.32 Å². The number of benzene rings is 1. The number of hydrogen-bond donors (Lipinski definition) is 1. The van der Waals surface area contributed by atoms with Crippen molar-refractivity contribution in [1.82, 2.24) is 4.98 Å². The monoisotopic (exact) mass is 218 g/mol. The lowest BCUT2D eigenvalue weighted by Gasteiger charge is -2.04. The number of aromatic nitrogens is 1. The fraction of sp³-hybridized carbons (Fsp3) is 0.250. The van der Waals surface area contributed by atoms with E-state index < -0.39 is 0 Å². The Balaban J connectivity index is 1.96. The van der Waals surface area contributed by atoms with Crippen molar-refractivity contribution in [1.29, 1.82) is 0 Å². The predicted octanol–water partition coefficient (Wildman–Crippen LogP) is 3.37. The SMILES string of the molecule is Cc1ccc(NCc2csc(C)n2)cc1. The maximum absolute atomic E-state index is 4.40. The van der Waals surface area contributed by atoms with Crippen molar-refractivity contribution in [3.8, 4) is 0 Å². The summed E-state index contributed by atoms with van der Waals surface area (Å²) in [6, 6.07) is 8.40. The molecule has 0 aliphatic rings. The average Bonchev–Trinajstić information content (AvgIpc) is 2.64. The third-order valence-corrected chi connectivity index (χ3v) is 3.01. The fourth-order valence-electron chi connectivity index (χ4n) is 1.35. The summed E-state index contributed by atoms with van der Waals surface area (Å²) in [7, 11) is 0. The second kappa shape index (κ2) is 4.45. The highest BCUT2D eigenvalue weighted by atomic mass is 32.1. The van der Waals surface area contributed by atoms with E-state index in [9.17, 15) is 0 Å². The zero-order valence-corrected chi connectivity index (χ0v) is 9.77. The van der Waals surface area contributed by atoms with Crippen LogP contribution in [-0.2, 0) is 6.54 Å². The van der Waals surface area contributed by atoms with Crippen LogP contribution >= 0.6 is 11.3 Å². The van der Waals surface area contributed by atoms with Crippen molar-refractivity contribution in [3.63, 3.8) is 0 Å². The highest BCUT2D eigenvalue weighted by molar-refractivity contribution is 7.09. The zero-order chi connectivity index (χ0) is 10.7. The molecule has 0 fully saturated rings. The molecular weight excluding hydrogens is 204 g/mol. The summed E-state index contributed by atoms with van der Waals surface area (Å²) in [4.78, 5) is 4.40. The van der Waals surface area contributed by atoms with Crippen LogP contribution < -0.4 is 5.32 Å². The van der Waals surface area contributed by atoms with Gasteiger partial charge in [-0.15, -0.1) is 11.3 Å². The van der Waals surface area contributed by atoms with Crippen LogP contribution in [-0.4, -0.2) is 4.98 Å². The lowest BCUT2D eigenvalue weighted by atomic mass is 10.2. The number of anilines is 1. The molecule has 2 rings (SSSR count). The van der Waals surface area contributed by atoms with Crippen molar-refractivity contribution >= 4 is 17.0 Å². The molecule has 1 N–H and O–H groups in total. The van der Waals surface area contributed by atoms with Crippen LogP contribution in [0.15, 0.2) is 29.6 Å². The minimum Gasteiger partial charge on any atom is -0.379 e. The van der Waals surface area contributed by atoms with E-state index in [1.165, 1.54) is 5.56 Å². The number of rotatable bonds is 3. The number of nitrogens with one attached hydrogen (secondary N) is 1. The minimum atomic E-state index is 0.799. The van der Waals surface area contributed by atoms with E-state index in [1.807, 2.05) is 6.92 Å². The maximum atomic E-state index is 4.40. The highest BCUT2D eigenvalue weighted by Gasteiger charge is 1.97. The van der Waals surface area contributed by atoms with Crippen molar-refractivity contribution in [3.05, 3.63) is 45.9 Å². The van der Waals surface area contributed by atoms with E-state index in [4.69, 9.17) is 0 Å². The summed E-state index contributed by atoms with van der Waals surface area (Å²) < 4.78 is 0. The highest BCUT2D eigenvalue weighted by Crippen LogP contribution is 2.12. The quantitative estimate of drug-likeness (QED) is 0.854. The van der Waals surface area contributed by atoms with Crippen LogP contribution in [0.2, 0.25) is 0 Å². The van der Waals surface area contributed by atoms with Gasteiger partial charge >= 0.3 is 0 Å². The molecule has 1 aromatic heterocycles. The van der Waals surface area contributed by atoms with Gasteiger partial charge in [-0.2, -0.15) is 0 Å². The Morgan fingerprint density at radius 3 is 2.53 bits per heavy atom. The molecular formula is C12H14N2S. The van der Waals surface area contributed by atoms with E-state index in [-0.39, 0.29) is 0 Å². The van der Waals surface area contributed by atoms with Crippen LogP contribution in [0.1, 0.15) is 16.3 Å². The van der Waals surface area contributed by atoms with E-state index in [2.05, 4.69) is 46.9 Å². The third kappa shape index (κ3) is 2.80. The summed E-state index contributed by atoms with van der Waals surface area (Å²) in [6.45, 7) is 4.92. The van der Waals surface area contributed by atoms with Gasteiger partial charge in [0.2, 0.25) is 0 Å². The predicted molar refractivity (Wildman–Crippen MR) is 65.4 cm³/mol. The summed E-state index contributed by atoms with van der Waals surface area (Å²) >= 11 is 1.69. The standard InChI is InChI=1S/C12H14N2S/c1-9-3-5-11(6-4-9)13-7-12-8-15-10(2)14-12/h3-6,8,13H,7H2,1-2H3. The molecule has 0 aliphatic carbocycles. The average molecular weight is 218 g/mol. The van der Waals surface area contributed by atoms with Crippen molar-refractivity contribution in [2.45, 2.75) is 20.4 Å². The van der Waals surface area contributed by atoms with Crippen LogP contribution in [0.3, 0.4) is 0 Å². The van der Waals surface area contributed by atoms with E-state index >= 15 is 0 Å². The molecule has 2 nitrogen and oxygen atoms in total. The maximum Gasteiger partial charge on any atom is 0.0898 e. The van der Waals surface area contributed by atoms with Gasteiger partial charge in [0.1, 0.15) is 0 Å². The van der Waals surface area contributed by atoms with E-state index in [0.29, 0.717) is 0 Å². The van der Waals surface area contributed by atoms with Crippen LogP contribution in [0.5, 0.6) is 0 Å². The van der Waals surface area contributed by atoms with Crippen LogP contribution in [0.25, 0.3) is 0 Å². The molecule has 0 bridgehead atoms. The first kappa shape index (κ1) is 10.2. The Morgan fingerprint density at radius 1 is 1.20 bits per heavy atom. The zero-order valence-electron chi connectivity index (χ0n) is 8.95. The topological polar surface area (TPSA) is 24.9 Å². The largest absolute Gasteiger partial charge is 0.379 e. The smallest absolute Gasteiger partial charge is 0.0898 e. The first-order chi connectivity index (χ1) is 7.24. The second-order valence-electron chi connectivity index (χ2n) is 3.58. The Kier molecular flexibility index (Phi) is 3.02. The van der Waals surface area contributed by atoms with Crippen molar-refractivity contribution < 1.29 is 0 Å². The van der Waals surface area contributed by atoms with E-state index in [0.717, 1.165) is 22.9 Å². The summed E-state index contributed by atoms with van der Waals surface area (Å²) in [5.41, 5.74) is 3.54. The molecule has 15 heavy (non-hydrogen) atoms. The molecule has 0 saturated heterocycles. The van der Waals surface area contributed by atoms with Crippen LogP contribution in [0.4, 0.5) is 5.69 Å². The van der Waals surface area contributed by atoms with Gasteiger partial charge in [0.05, 0.1) is 17.2 Å². The normalized spacial score (nSPS) is 10.3. The minimum absolute atomic E-state index is 0.799. The molecule has 0 radical (unpaired) electrons. The molecule has 0 saturated carbocycles. The summed E-state index contributed by atoms with van der Waals surface area (Å²) in [5, 5.41) is 6.56. The fourth-order valence-corrected chi connectivity index (χ4v) is 1.97. The van der Waals surface area contributed by atoms with Crippen molar-refractivity contribution in [2.24, 2.45) is 0 Å². The van der Waals surface area contributed by atoms with Gasteiger partial charge in [-0.05, 0) is 26.0 Å². The first-order valence-corrected chi connectivity index (χ1v) is 5.83. The van der Waals surface area contributed by atoms with Crippen LogP contribution in [0, 0.1) is 13.8 Å². The molecule has 1 heterocycles. The molecule has 3 heteroatoms. The summed E-state index contributed by atoms with van der Waals surface area (Å²) in [6.07, 6.45) is 0. The first-order valence-electron chi connectivity index (χ1n) is 4.95. The number of nitrogens with zero attached hydrogens (tertiary/aromatic N) is 1. The summed E-state index contributed by atoms with van der Waals surface area (Å²) in [5.74, 6) is 0. The third-order valence-electron chi connectivity index (χ3n) is 2.19. The Hall–Kier alpha value is -1.35. The molecule has 78 valence electrons. The van der Waals surface area contributed by atoms with Gasteiger partial charge < -0.3 is 5.32 Å².